The molecular formula is C20H18N4O. The Morgan fingerprint density at radius 1 is 1.00 bits per heavy atom. The summed E-state index contributed by atoms with van der Waals surface area (Å²) in [6.45, 7) is 0.756. The number of hydrogen-bond acceptors (Lipinski definition) is 4. The average Bonchev–Trinajstić information content (AvgIpc) is 3.19. The third kappa shape index (κ3) is 3.13. The Hall–Kier alpha value is -3.08. The van der Waals surface area contributed by atoms with Gasteiger partial charge in [0.2, 0.25) is 0 Å². The van der Waals surface area contributed by atoms with E-state index in [0.29, 0.717) is 11.4 Å². The Kier molecular flexibility index (Phi) is 4.21. The molecule has 1 unspecified atom stereocenters. The zero-order valence-electron chi connectivity index (χ0n) is 13.7. The smallest absolute Gasteiger partial charge is 0.257 e. The van der Waals surface area contributed by atoms with Crippen LogP contribution in [0.25, 0.3) is 11.4 Å². The van der Waals surface area contributed by atoms with Crippen LogP contribution in [0.15, 0.2) is 67.3 Å². The Balaban J connectivity index is 1.56. The van der Waals surface area contributed by atoms with Gasteiger partial charge in [-0.05, 0) is 30.5 Å². The number of amides is 1. The minimum Gasteiger partial charge on any atom is -0.332 e. The van der Waals surface area contributed by atoms with Crippen LogP contribution >= 0.6 is 0 Å². The highest BCUT2D eigenvalue weighted by Gasteiger charge is 2.30. The van der Waals surface area contributed by atoms with Gasteiger partial charge in [0.1, 0.15) is 0 Å². The predicted molar refractivity (Wildman–Crippen MR) is 94.7 cm³/mol. The van der Waals surface area contributed by atoms with Crippen LogP contribution < -0.4 is 0 Å². The molecule has 3 heterocycles. The summed E-state index contributed by atoms with van der Waals surface area (Å²) >= 11 is 0. The van der Waals surface area contributed by atoms with Crippen molar-refractivity contribution in [2.75, 3.05) is 6.54 Å². The summed E-state index contributed by atoms with van der Waals surface area (Å²) in [5.41, 5.74) is 2.60. The van der Waals surface area contributed by atoms with Crippen LogP contribution in [-0.2, 0) is 0 Å². The van der Waals surface area contributed by atoms with Gasteiger partial charge in [-0.2, -0.15) is 0 Å². The molecule has 4 rings (SSSR count). The molecule has 1 amide bonds. The summed E-state index contributed by atoms with van der Waals surface area (Å²) in [4.78, 5) is 27.6. The number of carbonyl (C=O) groups excluding carboxylic acids is 1. The Labute approximate surface area is 146 Å². The molecule has 1 aromatic carbocycles. The number of likely N-dealkylation sites (tertiary alicyclic amines) is 1. The van der Waals surface area contributed by atoms with E-state index >= 15 is 0 Å². The summed E-state index contributed by atoms with van der Waals surface area (Å²) in [7, 11) is 0. The van der Waals surface area contributed by atoms with E-state index in [1.165, 1.54) is 0 Å². The monoisotopic (exact) mass is 330 g/mol. The largest absolute Gasteiger partial charge is 0.332 e. The third-order valence-electron chi connectivity index (χ3n) is 4.54. The van der Waals surface area contributed by atoms with E-state index in [9.17, 15) is 4.79 Å². The molecular weight excluding hydrogens is 312 g/mol. The Bertz CT molecular complexity index is 850. The molecule has 0 N–H and O–H groups in total. The lowest BCUT2D eigenvalue weighted by molar-refractivity contribution is 0.0734. The van der Waals surface area contributed by atoms with Gasteiger partial charge in [-0.3, -0.25) is 9.78 Å². The van der Waals surface area contributed by atoms with Crippen molar-refractivity contribution < 1.29 is 4.79 Å². The van der Waals surface area contributed by atoms with Gasteiger partial charge in [0.05, 0.1) is 11.6 Å². The lowest BCUT2D eigenvalue weighted by Crippen LogP contribution is -2.30. The third-order valence-corrected chi connectivity index (χ3v) is 4.54. The highest BCUT2D eigenvalue weighted by molar-refractivity contribution is 5.94. The van der Waals surface area contributed by atoms with Gasteiger partial charge in [0.15, 0.2) is 5.82 Å². The zero-order valence-corrected chi connectivity index (χ0v) is 13.7. The fourth-order valence-corrected chi connectivity index (χ4v) is 3.28. The van der Waals surface area contributed by atoms with Crippen LogP contribution in [0.2, 0.25) is 0 Å². The summed E-state index contributed by atoms with van der Waals surface area (Å²) in [5.74, 6) is 0.614. The van der Waals surface area contributed by atoms with E-state index in [2.05, 4.69) is 15.0 Å². The standard InChI is InChI=1S/C20H18N4O/c25-20(24-12-4-7-18(24)15-8-10-21-11-9-15)17-13-22-19(23-14-17)16-5-2-1-3-6-16/h1-3,5-6,8-11,13-14,18H,4,7,12H2. The lowest BCUT2D eigenvalue weighted by atomic mass is 10.1. The van der Waals surface area contributed by atoms with E-state index in [1.807, 2.05) is 47.4 Å². The Morgan fingerprint density at radius 3 is 2.44 bits per heavy atom. The summed E-state index contributed by atoms with van der Waals surface area (Å²) in [6, 6.07) is 13.8. The number of pyridine rings is 1. The fourth-order valence-electron chi connectivity index (χ4n) is 3.28. The van der Waals surface area contributed by atoms with Gasteiger partial charge in [-0.1, -0.05) is 30.3 Å². The first-order valence-electron chi connectivity index (χ1n) is 8.41. The maximum atomic E-state index is 12.9. The van der Waals surface area contributed by atoms with Crippen molar-refractivity contribution in [3.8, 4) is 11.4 Å². The number of nitrogens with zero attached hydrogens (tertiary/aromatic N) is 4. The van der Waals surface area contributed by atoms with Gasteiger partial charge in [-0.15, -0.1) is 0 Å². The van der Waals surface area contributed by atoms with Crippen LogP contribution in [0.5, 0.6) is 0 Å². The number of carbonyl (C=O) groups is 1. The number of rotatable bonds is 3. The second-order valence-electron chi connectivity index (χ2n) is 6.10. The van der Waals surface area contributed by atoms with E-state index in [-0.39, 0.29) is 11.9 Å². The average molecular weight is 330 g/mol. The highest BCUT2D eigenvalue weighted by atomic mass is 16.2. The van der Waals surface area contributed by atoms with Crippen molar-refractivity contribution in [1.29, 1.82) is 0 Å². The quantitative estimate of drug-likeness (QED) is 0.737. The first-order valence-corrected chi connectivity index (χ1v) is 8.41. The minimum atomic E-state index is -0.0149. The molecule has 5 nitrogen and oxygen atoms in total. The normalized spacial score (nSPS) is 16.8. The molecule has 0 spiro atoms. The minimum absolute atomic E-state index is 0.0149. The highest BCUT2D eigenvalue weighted by Crippen LogP contribution is 2.32. The Morgan fingerprint density at radius 2 is 1.72 bits per heavy atom. The van der Waals surface area contributed by atoms with E-state index in [1.54, 1.807) is 24.8 Å². The summed E-state index contributed by atoms with van der Waals surface area (Å²) in [6.07, 6.45) is 8.77. The molecule has 0 radical (unpaired) electrons. The summed E-state index contributed by atoms with van der Waals surface area (Å²) < 4.78 is 0. The van der Waals surface area contributed by atoms with Gasteiger partial charge in [0, 0.05) is 36.9 Å². The fraction of sp³-hybridized carbons (Fsp3) is 0.200. The number of hydrogen-bond donors (Lipinski definition) is 0. The lowest BCUT2D eigenvalue weighted by Gasteiger charge is -2.24. The second-order valence-corrected chi connectivity index (χ2v) is 6.10. The SMILES string of the molecule is O=C(c1cnc(-c2ccccc2)nc1)N1CCCC1c1ccncc1. The van der Waals surface area contributed by atoms with Crippen molar-refractivity contribution in [1.82, 2.24) is 19.9 Å². The summed E-state index contributed by atoms with van der Waals surface area (Å²) in [5, 5.41) is 0. The van der Waals surface area contributed by atoms with Crippen LogP contribution in [0, 0.1) is 0 Å². The number of benzene rings is 1. The molecule has 1 atom stereocenters. The molecule has 25 heavy (non-hydrogen) atoms. The first kappa shape index (κ1) is 15.4. The van der Waals surface area contributed by atoms with Gasteiger partial charge in [0.25, 0.3) is 5.91 Å². The van der Waals surface area contributed by atoms with E-state index < -0.39 is 0 Å². The molecule has 1 saturated heterocycles. The van der Waals surface area contributed by atoms with Crippen molar-refractivity contribution in [2.24, 2.45) is 0 Å². The van der Waals surface area contributed by atoms with E-state index in [4.69, 9.17) is 0 Å². The van der Waals surface area contributed by atoms with Crippen LogP contribution in [0.1, 0.15) is 34.8 Å². The van der Waals surface area contributed by atoms with Crippen LogP contribution in [0.4, 0.5) is 0 Å². The predicted octanol–water partition coefficient (Wildman–Crippen LogP) is 3.52. The van der Waals surface area contributed by atoms with Crippen molar-refractivity contribution >= 4 is 5.91 Å². The topological polar surface area (TPSA) is 59.0 Å². The molecule has 0 saturated carbocycles. The molecule has 0 aliphatic carbocycles. The molecule has 5 heteroatoms. The van der Waals surface area contributed by atoms with Gasteiger partial charge in [-0.25, -0.2) is 9.97 Å². The maximum Gasteiger partial charge on any atom is 0.257 e. The van der Waals surface area contributed by atoms with Crippen molar-refractivity contribution in [3.63, 3.8) is 0 Å². The van der Waals surface area contributed by atoms with E-state index in [0.717, 1.165) is 30.5 Å². The van der Waals surface area contributed by atoms with Crippen molar-refractivity contribution in [2.45, 2.75) is 18.9 Å². The second kappa shape index (κ2) is 6.81. The number of aromatic nitrogens is 3. The first-order chi connectivity index (χ1) is 12.3. The molecule has 0 bridgehead atoms. The molecule has 124 valence electrons. The molecule has 1 fully saturated rings. The zero-order chi connectivity index (χ0) is 17.1. The van der Waals surface area contributed by atoms with Crippen molar-refractivity contribution in [3.05, 3.63) is 78.4 Å². The van der Waals surface area contributed by atoms with Crippen LogP contribution in [-0.4, -0.2) is 32.3 Å². The molecule has 1 aliphatic heterocycles. The molecule has 1 aliphatic rings. The molecule has 2 aromatic heterocycles. The maximum absolute atomic E-state index is 12.9. The van der Waals surface area contributed by atoms with Gasteiger partial charge < -0.3 is 4.90 Å². The van der Waals surface area contributed by atoms with Gasteiger partial charge >= 0.3 is 0 Å². The van der Waals surface area contributed by atoms with Crippen LogP contribution in [0.3, 0.4) is 0 Å². The molecule has 3 aromatic rings.